The largest absolute Gasteiger partial charge is 0.343 e. The third kappa shape index (κ3) is 3.05. The predicted octanol–water partition coefficient (Wildman–Crippen LogP) is 4.58. The molecular weight excluding hydrogens is 372 g/mol. The maximum Gasteiger partial charge on any atom is 0.343 e. The lowest BCUT2D eigenvalue weighted by molar-refractivity contribution is 0.253. The third-order valence-corrected chi connectivity index (χ3v) is 6.59. The Morgan fingerprint density at radius 1 is 0.786 bits per heavy atom. The monoisotopic (exact) mass is 392 g/mol. The van der Waals surface area contributed by atoms with Crippen LogP contribution in [-0.2, 0) is 23.0 Å². The Labute approximate surface area is 164 Å². The summed E-state index contributed by atoms with van der Waals surface area (Å²) in [6.45, 7) is 2.31. The topological polar surface area (TPSA) is 57.7 Å². The lowest BCUT2D eigenvalue weighted by Crippen LogP contribution is -2.50. The molecule has 0 radical (unpaired) electrons. The Morgan fingerprint density at radius 3 is 2.11 bits per heavy atom. The summed E-state index contributed by atoms with van der Waals surface area (Å²) in [5.74, 6) is 0. The van der Waals surface area contributed by atoms with Crippen molar-refractivity contribution >= 4 is 27.4 Å². The van der Waals surface area contributed by atoms with Crippen molar-refractivity contribution in [2.75, 3.05) is 9.21 Å². The molecule has 6 heteroatoms. The number of carbonyl (C=O) groups excluding carboxylic acids is 1. The van der Waals surface area contributed by atoms with Gasteiger partial charge in [-0.1, -0.05) is 61.5 Å². The van der Waals surface area contributed by atoms with Crippen molar-refractivity contribution in [3.8, 4) is 0 Å². The summed E-state index contributed by atoms with van der Waals surface area (Å²) in [5.41, 5.74) is 2.74. The zero-order valence-corrected chi connectivity index (χ0v) is 16.3. The van der Waals surface area contributed by atoms with Crippen LogP contribution in [0, 0.1) is 0 Å². The number of carbonyl (C=O) groups is 1. The summed E-state index contributed by atoms with van der Waals surface area (Å²) >= 11 is 0. The number of amides is 2. The summed E-state index contributed by atoms with van der Waals surface area (Å²) in [7, 11) is -3.99. The second-order valence-electron chi connectivity index (χ2n) is 6.61. The van der Waals surface area contributed by atoms with Gasteiger partial charge in [-0.15, -0.1) is 0 Å². The van der Waals surface area contributed by atoms with E-state index in [9.17, 15) is 13.2 Å². The van der Waals surface area contributed by atoms with Crippen molar-refractivity contribution < 1.29 is 13.2 Å². The first-order valence-electron chi connectivity index (χ1n) is 9.11. The number of hydrogen-bond donors (Lipinski definition) is 0. The Kier molecular flexibility index (Phi) is 4.65. The van der Waals surface area contributed by atoms with Gasteiger partial charge in [0.15, 0.2) is 0 Å². The smallest absolute Gasteiger partial charge is 0.287 e. The van der Waals surface area contributed by atoms with Crippen LogP contribution in [0.25, 0.3) is 0 Å². The molecule has 0 unspecified atom stereocenters. The lowest BCUT2D eigenvalue weighted by atomic mass is 10.1. The number of anilines is 2. The van der Waals surface area contributed by atoms with E-state index in [0.29, 0.717) is 11.4 Å². The summed E-state index contributed by atoms with van der Waals surface area (Å²) in [4.78, 5) is 15.0. The number of benzene rings is 3. The molecule has 1 aliphatic heterocycles. The van der Waals surface area contributed by atoms with Crippen LogP contribution in [0.5, 0.6) is 0 Å². The molecule has 1 heterocycles. The Balaban J connectivity index is 1.84. The van der Waals surface area contributed by atoms with Gasteiger partial charge in [0, 0.05) is 0 Å². The number of aryl methyl sites for hydroxylation is 1. The normalized spacial score (nSPS) is 15.4. The second kappa shape index (κ2) is 7.13. The molecule has 2 amide bonds. The van der Waals surface area contributed by atoms with E-state index in [2.05, 4.69) is 0 Å². The first-order chi connectivity index (χ1) is 13.5. The molecule has 4 rings (SSSR count). The van der Waals surface area contributed by atoms with E-state index in [1.165, 1.54) is 4.90 Å². The van der Waals surface area contributed by atoms with Gasteiger partial charge in [-0.2, -0.15) is 4.31 Å². The van der Waals surface area contributed by atoms with Crippen LogP contribution in [0.2, 0.25) is 0 Å². The summed E-state index contributed by atoms with van der Waals surface area (Å²) in [6.07, 6.45) is 0.837. The molecule has 0 N–H and O–H groups in total. The van der Waals surface area contributed by atoms with E-state index in [4.69, 9.17) is 0 Å². The van der Waals surface area contributed by atoms with E-state index in [1.54, 1.807) is 36.4 Å². The molecule has 0 saturated heterocycles. The van der Waals surface area contributed by atoms with Crippen LogP contribution < -0.4 is 9.21 Å². The molecule has 0 aliphatic carbocycles. The first-order valence-corrected chi connectivity index (χ1v) is 10.5. The van der Waals surface area contributed by atoms with Crippen LogP contribution in [0.3, 0.4) is 0 Å². The minimum Gasteiger partial charge on any atom is -0.287 e. The van der Waals surface area contributed by atoms with Gasteiger partial charge in [-0.05, 0) is 41.8 Å². The van der Waals surface area contributed by atoms with Gasteiger partial charge in [0.05, 0.1) is 17.9 Å². The molecule has 0 fully saturated rings. The van der Waals surface area contributed by atoms with Crippen LogP contribution in [0.15, 0.2) is 83.8 Å². The van der Waals surface area contributed by atoms with Gasteiger partial charge < -0.3 is 0 Å². The zero-order valence-electron chi connectivity index (χ0n) is 15.4. The summed E-state index contributed by atoms with van der Waals surface area (Å²) in [6, 6.07) is 22.6. The number of sulfonamides is 1. The number of fused-ring (bicyclic) bond motifs is 1. The maximum absolute atomic E-state index is 13.3. The van der Waals surface area contributed by atoms with E-state index < -0.39 is 16.1 Å². The summed E-state index contributed by atoms with van der Waals surface area (Å²) in [5, 5.41) is 0. The number of urea groups is 1. The van der Waals surface area contributed by atoms with Gasteiger partial charge in [0.25, 0.3) is 10.0 Å². The Bertz CT molecular complexity index is 1110. The van der Waals surface area contributed by atoms with Crippen LogP contribution in [0.1, 0.15) is 18.1 Å². The van der Waals surface area contributed by atoms with E-state index in [-0.39, 0.29) is 11.4 Å². The van der Waals surface area contributed by atoms with Crippen molar-refractivity contribution in [2.24, 2.45) is 0 Å². The highest BCUT2D eigenvalue weighted by Crippen LogP contribution is 2.37. The number of para-hydroxylation sites is 1. The fourth-order valence-electron chi connectivity index (χ4n) is 3.35. The number of hydrogen-bond acceptors (Lipinski definition) is 3. The van der Waals surface area contributed by atoms with Gasteiger partial charge >= 0.3 is 6.03 Å². The molecule has 142 valence electrons. The second-order valence-corrected chi connectivity index (χ2v) is 8.37. The van der Waals surface area contributed by atoms with Crippen molar-refractivity contribution in [3.63, 3.8) is 0 Å². The van der Waals surface area contributed by atoms with E-state index in [1.807, 2.05) is 49.4 Å². The minimum atomic E-state index is -3.99. The molecule has 0 spiro atoms. The molecule has 0 atom stereocenters. The van der Waals surface area contributed by atoms with Crippen molar-refractivity contribution in [1.82, 2.24) is 0 Å². The summed E-state index contributed by atoms with van der Waals surface area (Å²) < 4.78 is 27.4. The standard InChI is InChI=1S/C22H20N2O3S/c1-2-17-12-14-19(15-13-17)24-22(25)23(16-18-8-4-3-5-9-18)20-10-6-7-11-21(20)28(24,26)27/h3-15H,2,16H2,1H3. The number of rotatable bonds is 4. The van der Waals surface area contributed by atoms with Crippen molar-refractivity contribution in [2.45, 2.75) is 24.8 Å². The van der Waals surface area contributed by atoms with Gasteiger partial charge in [-0.3, -0.25) is 4.90 Å². The van der Waals surface area contributed by atoms with Crippen LogP contribution >= 0.6 is 0 Å². The third-order valence-electron chi connectivity index (χ3n) is 4.84. The van der Waals surface area contributed by atoms with Crippen LogP contribution in [0.4, 0.5) is 16.2 Å². The lowest BCUT2D eigenvalue weighted by Gasteiger charge is -2.36. The SMILES string of the molecule is CCc1ccc(N2C(=O)N(Cc3ccccc3)c3ccccc3S2(=O)=O)cc1. The van der Waals surface area contributed by atoms with Gasteiger partial charge in [-0.25, -0.2) is 13.2 Å². The molecule has 1 aliphatic rings. The van der Waals surface area contributed by atoms with Gasteiger partial charge in [0.2, 0.25) is 0 Å². The minimum absolute atomic E-state index is 0.130. The number of nitrogens with zero attached hydrogens (tertiary/aromatic N) is 2. The average Bonchev–Trinajstić information content (AvgIpc) is 2.72. The molecular formula is C22H20N2O3S. The molecule has 3 aromatic carbocycles. The highest BCUT2D eigenvalue weighted by atomic mass is 32.2. The average molecular weight is 392 g/mol. The van der Waals surface area contributed by atoms with Crippen LogP contribution in [-0.4, -0.2) is 14.4 Å². The molecule has 0 saturated carbocycles. The van der Waals surface area contributed by atoms with Crippen molar-refractivity contribution in [3.05, 3.63) is 90.0 Å². The first kappa shape index (κ1) is 18.3. The molecule has 0 bridgehead atoms. The van der Waals surface area contributed by atoms with E-state index >= 15 is 0 Å². The fourth-order valence-corrected chi connectivity index (χ4v) is 4.94. The quantitative estimate of drug-likeness (QED) is 0.653. The molecule has 28 heavy (non-hydrogen) atoms. The molecule has 3 aromatic rings. The highest BCUT2D eigenvalue weighted by Gasteiger charge is 2.42. The highest BCUT2D eigenvalue weighted by molar-refractivity contribution is 7.94. The maximum atomic E-state index is 13.3. The molecule has 5 nitrogen and oxygen atoms in total. The van der Waals surface area contributed by atoms with Gasteiger partial charge in [0.1, 0.15) is 4.90 Å². The zero-order chi connectivity index (χ0) is 19.7. The Hall–Kier alpha value is -3.12. The predicted molar refractivity (Wildman–Crippen MR) is 110 cm³/mol. The Morgan fingerprint density at radius 2 is 1.43 bits per heavy atom. The molecule has 0 aromatic heterocycles. The fraction of sp³-hybridized carbons (Fsp3) is 0.136. The van der Waals surface area contributed by atoms with Crippen molar-refractivity contribution in [1.29, 1.82) is 0 Å². The van der Waals surface area contributed by atoms with E-state index in [0.717, 1.165) is 21.9 Å².